The first-order valence-corrected chi connectivity index (χ1v) is 10.2. The molecule has 3 amide bonds. The van der Waals surface area contributed by atoms with E-state index in [1.54, 1.807) is 30.3 Å². The first-order valence-electron chi connectivity index (χ1n) is 8.26. The van der Waals surface area contributed by atoms with E-state index in [0.717, 1.165) is 4.47 Å². The summed E-state index contributed by atoms with van der Waals surface area (Å²) in [6, 6.07) is 12.2. The highest BCUT2D eigenvalue weighted by Gasteiger charge is 2.10. The minimum absolute atomic E-state index is 0.118. The Hall–Kier alpha value is -2.52. The lowest BCUT2D eigenvalue weighted by Crippen LogP contribution is -2.18. The molecular formula is C19H20BrN3O4S. The molecule has 0 spiro atoms. The van der Waals surface area contributed by atoms with Crippen molar-refractivity contribution in [3.05, 3.63) is 46.9 Å². The minimum Gasteiger partial charge on any atom is -0.495 e. The zero-order valence-corrected chi connectivity index (χ0v) is 17.8. The highest BCUT2D eigenvalue weighted by atomic mass is 79.9. The standard InChI is InChI=1S/C19H20BrN3O4S/c1-12(24)21-16-9-15(6-7-17(16)27-2)23-19(26)11-28-10-18(25)22-14-5-3-4-13(20)8-14/h3-9H,10-11H2,1-2H3,(H,21,24)(H,22,25)(H,23,26). The second-order valence-corrected chi connectivity index (χ2v) is 7.60. The van der Waals surface area contributed by atoms with Crippen LogP contribution in [0.5, 0.6) is 5.75 Å². The van der Waals surface area contributed by atoms with Crippen LogP contribution in [0, 0.1) is 0 Å². The van der Waals surface area contributed by atoms with Crippen molar-refractivity contribution in [2.24, 2.45) is 0 Å². The van der Waals surface area contributed by atoms with E-state index < -0.39 is 0 Å². The summed E-state index contributed by atoms with van der Waals surface area (Å²) in [6.45, 7) is 1.39. The van der Waals surface area contributed by atoms with Crippen molar-refractivity contribution in [1.29, 1.82) is 0 Å². The Morgan fingerprint density at radius 1 is 0.964 bits per heavy atom. The van der Waals surface area contributed by atoms with Crippen molar-refractivity contribution in [2.75, 3.05) is 34.6 Å². The molecule has 0 atom stereocenters. The Morgan fingerprint density at radius 2 is 1.61 bits per heavy atom. The Balaban J connectivity index is 1.82. The van der Waals surface area contributed by atoms with Crippen LogP contribution in [0.15, 0.2) is 46.9 Å². The number of carbonyl (C=O) groups excluding carboxylic acids is 3. The van der Waals surface area contributed by atoms with E-state index >= 15 is 0 Å². The summed E-state index contributed by atoms with van der Waals surface area (Å²) in [6.07, 6.45) is 0. The molecule has 3 N–H and O–H groups in total. The molecule has 2 aromatic carbocycles. The molecule has 0 aliphatic heterocycles. The van der Waals surface area contributed by atoms with E-state index in [2.05, 4.69) is 31.9 Å². The van der Waals surface area contributed by atoms with Crippen LogP contribution in [0.4, 0.5) is 17.1 Å². The third-order valence-electron chi connectivity index (χ3n) is 3.37. The lowest BCUT2D eigenvalue weighted by Gasteiger charge is -2.12. The summed E-state index contributed by atoms with van der Waals surface area (Å²) in [5, 5.41) is 8.15. The van der Waals surface area contributed by atoms with Crippen LogP contribution in [-0.2, 0) is 14.4 Å². The van der Waals surface area contributed by atoms with Gasteiger partial charge >= 0.3 is 0 Å². The highest BCUT2D eigenvalue weighted by molar-refractivity contribution is 9.10. The molecule has 0 unspecified atom stereocenters. The smallest absolute Gasteiger partial charge is 0.234 e. The van der Waals surface area contributed by atoms with Crippen molar-refractivity contribution in [3.63, 3.8) is 0 Å². The summed E-state index contributed by atoms with van der Waals surface area (Å²) in [4.78, 5) is 35.3. The Bertz CT molecular complexity index is 876. The van der Waals surface area contributed by atoms with Gasteiger partial charge in [-0.25, -0.2) is 0 Å². The molecule has 0 aliphatic carbocycles. The predicted octanol–water partition coefficient (Wildman–Crippen LogP) is 3.73. The van der Waals surface area contributed by atoms with Crippen LogP contribution in [-0.4, -0.2) is 36.3 Å². The average Bonchev–Trinajstić information content (AvgIpc) is 2.61. The lowest BCUT2D eigenvalue weighted by molar-refractivity contribution is -0.115. The Kier molecular flexibility index (Phi) is 8.34. The van der Waals surface area contributed by atoms with Gasteiger partial charge in [-0.1, -0.05) is 22.0 Å². The fourth-order valence-electron chi connectivity index (χ4n) is 2.27. The molecule has 0 aliphatic rings. The topological polar surface area (TPSA) is 96.5 Å². The zero-order valence-electron chi connectivity index (χ0n) is 15.4. The van der Waals surface area contributed by atoms with Gasteiger partial charge in [0.2, 0.25) is 17.7 Å². The van der Waals surface area contributed by atoms with Gasteiger partial charge in [0, 0.05) is 22.8 Å². The van der Waals surface area contributed by atoms with Crippen molar-refractivity contribution < 1.29 is 19.1 Å². The number of methoxy groups -OCH3 is 1. The number of amides is 3. The van der Waals surface area contributed by atoms with Crippen molar-refractivity contribution in [2.45, 2.75) is 6.92 Å². The third-order valence-corrected chi connectivity index (χ3v) is 4.79. The van der Waals surface area contributed by atoms with Crippen molar-refractivity contribution >= 4 is 62.5 Å². The van der Waals surface area contributed by atoms with Crippen LogP contribution < -0.4 is 20.7 Å². The number of anilines is 3. The first-order chi connectivity index (χ1) is 13.4. The van der Waals surface area contributed by atoms with Crippen molar-refractivity contribution in [3.8, 4) is 5.75 Å². The second kappa shape index (κ2) is 10.7. The first kappa shape index (κ1) is 21.8. The maximum Gasteiger partial charge on any atom is 0.234 e. The number of benzene rings is 2. The number of nitrogens with one attached hydrogen (secondary N) is 3. The van der Waals surface area contributed by atoms with Crippen LogP contribution in [0.2, 0.25) is 0 Å². The quantitative estimate of drug-likeness (QED) is 0.551. The zero-order chi connectivity index (χ0) is 20.5. The van der Waals surface area contributed by atoms with E-state index in [4.69, 9.17) is 4.74 Å². The molecule has 0 fully saturated rings. The van der Waals surface area contributed by atoms with Gasteiger partial charge in [0.15, 0.2) is 0 Å². The average molecular weight is 466 g/mol. The molecule has 0 saturated carbocycles. The van der Waals surface area contributed by atoms with Crippen LogP contribution in [0.3, 0.4) is 0 Å². The molecule has 148 valence electrons. The Morgan fingerprint density at radius 3 is 2.18 bits per heavy atom. The largest absolute Gasteiger partial charge is 0.495 e. The molecule has 9 heteroatoms. The van der Waals surface area contributed by atoms with Gasteiger partial charge in [-0.05, 0) is 36.4 Å². The van der Waals surface area contributed by atoms with E-state index in [-0.39, 0.29) is 29.2 Å². The van der Waals surface area contributed by atoms with Gasteiger partial charge in [0.25, 0.3) is 0 Å². The van der Waals surface area contributed by atoms with Gasteiger partial charge in [-0.3, -0.25) is 14.4 Å². The van der Waals surface area contributed by atoms with Gasteiger partial charge in [0.1, 0.15) is 5.75 Å². The molecule has 7 nitrogen and oxygen atoms in total. The fourth-order valence-corrected chi connectivity index (χ4v) is 3.29. The molecule has 0 saturated heterocycles. The van der Waals surface area contributed by atoms with E-state index in [1.807, 2.05) is 12.1 Å². The van der Waals surface area contributed by atoms with Crippen LogP contribution >= 0.6 is 27.7 Å². The van der Waals surface area contributed by atoms with Crippen molar-refractivity contribution in [1.82, 2.24) is 0 Å². The van der Waals surface area contributed by atoms with E-state index in [0.29, 0.717) is 22.8 Å². The van der Waals surface area contributed by atoms with Gasteiger partial charge in [0.05, 0.1) is 24.3 Å². The molecule has 28 heavy (non-hydrogen) atoms. The summed E-state index contributed by atoms with van der Waals surface area (Å²) >= 11 is 4.55. The summed E-state index contributed by atoms with van der Waals surface area (Å²) in [7, 11) is 1.49. The predicted molar refractivity (Wildman–Crippen MR) is 116 cm³/mol. The molecule has 0 heterocycles. The normalized spacial score (nSPS) is 10.1. The number of halogens is 1. The molecule has 0 radical (unpaired) electrons. The number of ether oxygens (including phenoxy) is 1. The maximum absolute atomic E-state index is 12.1. The SMILES string of the molecule is COc1ccc(NC(=O)CSCC(=O)Nc2cccc(Br)c2)cc1NC(C)=O. The Labute approximate surface area is 175 Å². The maximum atomic E-state index is 12.1. The number of thioether (sulfide) groups is 1. The molecule has 2 aromatic rings. The second-order valence-electron chi connectivity index (χ2n) is 5.70. The fraction of sp³-hybridized carbons (Fsp3) is 0.211. The molecule has 2 rings (SSSR count). The number of hydrogen-bond donors (Lipinski definition) is 3. The van der Waals surface area contributed by atoms with Crippen LogP contribution in [0.25, 0.3) is 0 Å². The molecule has 0 aromatic heterocycles. The van der Waals surface area contributed by atoms with Gasteiger partial charge in [-0.2, -0.15) is 0 Å². The summed E-state index contributed by atoms with van der Waals surface area (Å²) in [5.41, 5.74) is 1.68. The number of rotatable bonds is 8. The lowest BCUT2D eigenvalue weighted by atomic mass is 10.2. The van der Waals surface area contributed by atoms with Gasteiger partial charge in [-0.15, -0.1) is 11.8 Å². The highest BCUT2D eigenvalue weighted by Crippen LogP contribution is 2.28. The van der Waals surface area contributed by atoms with Gasteiger partial charge < -0.3 is 20.7 Å². The molecular weight excluding hydrogens is 446 g/mol. The molecule has 0 bridgehead atoms. The summed E-state index contributed by atoms with van der Waals surface area (Å²) in [5.74, 6) is 0.0840. The van der Waals surface area contributed by atoms with E-state index in [9.17, 15) is 14.4 Å². The summed E-state index contributed by atoms with van der Waals surface area (Å²) < 4.78 is 6.05. The number of hydrogen-bond acceptors (Lipinski definition) is 5. The van der Waals surface area contributed by atoms with Crippen LogP contribution in [0.1, 0.15) is 6.92 Å². The monoisotopic (exact) mass is 465 g/mol. The number of carbonyl (C=O) groups is 3. The third kappa shape index (κ3) is 7.24. The minimum atomic E-state index is -0.251. The van der Waals surface area contributed by atoms with E-state index in [1.165, 1.54) is 25.8 Å².